The van der Waals surface area contributed by atoms with E-state index in [0.29, 0.717) is 17.2 Å². The predicted octanol–water partition coefficient (Wildman–Crippen LogP) is 2.60. The molecule has 0 spiro atoms. The van der Waals surface area contributed by atoms with Gasteiger partial charge in [-0.1, -0.05) is 11.6 Å². The first-order chi connectivity index (χ1) is 9.97. The summed E-state index contributed by atoms with van der Waals surface area (Å²) in [5.41, 5.74) is 1.34. The summed E-state index contributed by atoms with van der Waals surface area (Å²) >= 11 is 5.97. The van der Waals surface area contributed by atoms with Gasteiger partial charge in [0.1, 0.15) is 5.58 Å². The van der Waals surface area contributed by atoms with Gasteiger partial charge in [0.25, 0.3) is 5.91 Å². The van der Waals surface area contributed by atoms with Crippen LogP contribution >= 0.6 is 11.6 Å². The van der Waals surface area contributed by atoms with Gasteiger partial charge in [0.05, 0.1) is 6.54 Å². The number of amides is 2. The van der Waals surface area contributed by atoms with Gasteiger partial charge in [-0.25, -0.2) is 0 Å². The quantitative estimate of drug-likeness (QED) is 0.944. The van der Waals surface area contributed by atoms with Crippen LogP contribution in [0.2, 0.25) is 5.02 Å². The molecule has 0 aliphatic heterocycles. The number of likely N-dealkylation sites (N-methyl/N-ethyl adjacent to an activating group) is 2. The number of furan rings is 1. The maximum absolute atomic E-state index is 12.5. The molecule has 1 aromatic carbocycles. The molecule has 0 atom stereocenters. The number of nitrogens with one attached hydrogen (secondary N) is 1. The maximum atomic E-state index is 12.5. The number of halogens is 1. The van der Waals surface area contributed by atoms with Crippen LogP contribution in [0.3, 0.4) is 0 Å². The van der Waals surface area contributed by atoms with Crippen molar-refractivity contribution in [2.24, 2.45) is 0 Å². The van der Waals surface area contributed by atoms with Crippen molar-refractivity contribution in [3.05, 3.63) is 34.5 Å². The first kappa shape index (κ1) is 15.4. The minimum absolute atomic E-state index is 0.00305. The summed E-state index contributed by atoms with van der Waals surface area (Å²) in [5.74, 6) is -0.272. The number of carbonyl (C=O) groups is 2. The number of benzene rings is 1. The molecule has 0 aliphatic rings. The highest BCUT2D eigenvalue weighted by Crippen LogP contribution is 2.28. The lowest BCUT2D eigenvalue weighted by atomic mass is 10.1. The summed E-state index contributed by atoms with van der Waals surface area (Å²) in [6.45, 7) is 4.05. The number of fused-ring (bicyclic) bond motifs is 1. The Morgan fingerprint density at radius 1 is 1.38 bits per heavy atom. The van der Waals surface area contributed by atoms with Crippen molar-refractivity contribution in [3.63, 3.8) is 0 Å². The summed E-state index contributed by atoms with van der Waals surface area (Å²) in [6, 6.07) is 5.21. The van der Waals surface area contributed by atoms with Gasteiger partial charge in [-0.15, -0.1) is 0 Å². The van der Waals surface area contributed by atoms with E-state index in [2.05, 4.69) is 5.32 Å². The second-order valence-electron chi connectivity index (χ2n) is 4.69. The van der Waals surface area contributed by atoms with Gasteiger partial charge in [0, 0.05) is 29.6 Å². The van der Waals surface area contributed by atoms with Gasteiger partial charge in [-0.05, 0) is 32.0 Å². The summed E-state index contributed by atoms with van der Waals surface area (Å²) in [5, 5.41) is 3.90. The molecule has 5 nitrogen and oxygen atoms in total. The van der Waals surface area contributed by atoms with E-state index in [9.17, 15) is 9.59 Å². The van der Waals surface area contributed by atoms with E-state index < -0.39 is 0 Å². The van der Waals surface area contributed by atoms with E-state index in [0.717, 1.165) is 10.9 Å². The van der Waals surface area contributed by atoms with Crippen molar-refractivity contribution in [2.75, 3.05) is 20.1 Å². The fourth-order valence-corrected chi connectivity index (χ4v) is 2.29. The Balaban J connectivity index is 2.38. The highest BCUT2D eigenvalue weighted by Gasteiger charge is 2.23. The Hall–Kier alpha value is -2.01. The van der Waals surface area contributed by atoms with Crippen LogP contribution < -0.4 is 5.32 Å². The summed E-state index contributed by atoms with van der Waals surface area (Å²) in [6.07, 6.45) is 0. The summed E-state index contributed by atoms with van der Waals surface area (Å²) in [4.78, 5) is 25.4. The number of carbonyl (C=O) groups excluding carboxylic acids is 2. The van der Waals surface area contributed by atoms with Crippen LogP contribution in [-0.2, 0) is 4.79 Å². The molecular formula is C15H17ClN2O3. The molecule has 2 aromatic rings. The number of rotatable bonds is 4. The summed E-state index contributed by atoms with van der Waals surface area (Å²) < 4.78 is 5.63. The number of nitrogens with zero attached hydrogens (tertiary/aromatic N) is 1. The Bertz CT molecular complexity index is 694. The van der Waals surface area contributed by atoms with Gasteiger partial charge >= 0.3 is 0 Å². The average molecular weight is 309 g/mol. The normalized spacial score (nSPS) is 10.7. The van der Waals surface area contributed by atoms with Crippen LogP contribution in [-0.4, -0.2) is 36.9 Å². The van der Waals surface area contributed by atoms with Crippen LogP contribution in [0.25, 0.3) is 11.0 Å². The van der Waals surface area contributed by atoms with Crippen molar-refractivity contribution in [3.8, 4) is 0 Å². The lowest BCUT2D eigenvalue weighted by molar-refractivity contribution is -0.121. The fourth-order valence-electron chi connectivity index (χ4n) is 2.12. The largest absolute Gasteiger partial charge is 0.451 e. The molecule has 0 saturated heterocycles. The molecule has 0 fully saturated rings. The Morgan fingerprint density at radius 2 is 2.10 bits per heavy atom. The molecule has 21 heavy (non-hydrogen) atoms. The van der Waals surface area contributed by atoms with E-state index in [1.165, 1.54) is 11.9 Å². The number of hydrogen-bond donors (Lipinski definition) is 1. The zero-order valence-corrected chi connectivity index (χ0v) is 13.0. The molecule has 6 heteroatoms. The van der Waals surface area contributed by atoms with Crippen molar-refractivity contribution in [1.82, 2.24) is 10.2 Å². The number of hydrogen-bond acceptors (Lipinski definition) is 3. The molecule has 1 aromatic heterocycles. The monoisotopic (exact) mass is 308 g/mol. The molecule has 0 bridgehead atoms. The highest BCUT2D eigenvalue weighted by atomic mass is 35.5. The van der Waals surface area contributed by atoms with Crippen LogP contribution in [0.4, 0.5) is 0 Å². The lowest BCUT2D eigenvalue weighted by Gasteiger charge is -2.18. The van der Waals surface area contributed by atoms with Crippen LogP contribution in [0.5, 0.6) is 0 Å². The minimum Gasteiger partial charge on any atom is -0.451 e. The van der Waals surface area contributed by atoms with Gasteiger partial charge in [-0.2, -0.15) is 0 Å². The second kappa shape index (κ2) is 6.18. The third kappa shape index (κ3) is 3.03. The van der Waals surface area contributed by atoms with Crippen molar-refractivity contribution in [1.29, 1.82) is 0 Å². The Morgan fingerprint density at radius 3 is 2.71 bits per heavy atom. The van der Waals surface area contributed by atoms with Gasteiger partial charge in [-0.3, -0.25) is 9.59 Å². The van der Waals surface area contributed by atoms with Crippen molar-refractivity contribution >= 4 is 34.4 Å². The van der Waals surface area contributed by atoms with Gasteiger partial charge < -0.3 is 14.6 Å². The minimum atomic E-state index is -0.300. The van der Waals surface area contributed by atoms with Crippen LogP contribution in [0.15, 0.2) is 22.6 Å². The van der Waals surface area contributed by atoms with Crippen LogP contribution in [0.1, 0.15) is 23.0 Å². The zero-order valence-electron chi connectivity index (χ0n) is 12.2. The van der Waals surface area contributed by atoms with E-state index >= 15 is 0 Å². The molecule has 2 amide bonds. The zero-order chi connectivity index (χ0) is 15.6. The topological polar surface area (TPSA) is 62.6 Å². The van der Waals surface area contributed by atoms with E-state index in [4.69, 9.17) is 16.0 Å². The first-order valence-corrected chi connectivity index (χ1v) is 7.04. The molecule has 0 unspecified atom stereocenters. The molecule has 1 N–H and O–H groups in total. The maximum Gasteiger partial charge on any atom is 0.290 e. The highest BCUT2D eigenvalue weighted by molar-refractivity contribution is 6.31. The molecule has 0 saturated carbocycles. The van der Waals surface area contributed by atoms with Gasteiger partial charge in [0.15, 0.2) is 5.76 Å². The third-order valence-electron chi connectivity index (χ3n) is 3.37. The smallest absolute Gasteiger partial charge is 0.290 e. The molecule has 112 valence electrons. The summed E-state index contributed by atoms with van der Waals surface area (Å²) in [7, 11) is 1.54. The van der Waals surface area contributed by atoms with Crippen LogP contribution in [0, 0.1) is 6.92 Å². The lowest BCUT2D eigenvalue weighted by Crippen LogP contribution is -2.39. The molecular weight excluding hydrogens is 292 g/mol. The van der Waals surface area contributed by atoms with Crippen molar-refractivity contribution < 1.29 is 14.0 Å². The second-order valence-corrected chi connectivity index (χ2v) is 5.13. The van der Waals surface area contributed by atoms with E-state index in [1.54, 1.807) is 18.2 Å². The first-order valence-electron chi connectivity index (χ1n) is 6.66. The Kier molecular flexibility index (Phi) is 4.53. The van der Waals surface area contributed by atoms with Gasteiger partial charge in [0.2, 0.25) is 5.91 Å². The molecule has 0 aliphatic carbocycles. The number of aryl methyl sites for hydroxylation is 1. The average Bonchev–Trinajstić information content (AvgIpc) is 2.80. The van der Waals surface area contributed by atoms with Crippen molar-refractivity contribution in [2.45, 2.75) is 13.8 Å². The standard InChI is InChI=1S/C15H17ClN2O3/c1-4-18(8-13(19)17-3)15(20)14-9(2)11-7-10(16)5-6-12(11)21-14/h5-7H,4,8H2,1-3H3,(H,17,19). The third-order valence-corrected chi connectivity index (χ3v) is 3.61. The molecule has 2 rings (SSSR count). The predicted molar refractivity (Wildman–Crippen MR) is 81.6 cm³/mol. The van der Waals surface area contributed by atoms with E-state index in [1.807, 2.05) is 13.8 Å². The Labute approximate surface area is 127 Å². The van der Waals surface area contributed by atoms with E-state index in [-0.39, 0.29) is 24.1 Å². The molecule has 1 heterocycles. The fraction of sp³-hybridized carbons (Fsp3) is 0.333. The SMILES string of the molecule is CCN(CC(=O)NC)C(=O)c1oc2ccc(Cl)cc2c1C. The molecule has 0 radical (unpaired) electrons.